The number of thiocarbonyl (C=S) groups is 2. The average molecular weight is 237 g/mol. The summed E-state index contributed by atoms with van der Waals surface area (Å²) in [6.07, 6.45) is 8.43. The maximum Gasteiger partial charge on any atom is 0.111 e. The van der Waals surface area contributed by atoms with Crippen LogP contribution in [0.5, 0.6) is 0 Å². The topological polar surface area (TPSA) is 12.0 Å². The van der Waals surface area contributed by atoms with Crippen molar-refractivity contribution in [3.63, 3.8) is 0 Å². The van der Waals surface area contributed by atoms with E-state index in [1.807, 2.05) is 12.2 Å². The molecule has 0 bridgehead atoms. The van der Waals surface area contributed by atoms with Crippen LogP contribution in [-0.2, 0) is 0 Å². The van der Waals surface area contributed by atoms with Gasteiger partial charge in [0.2, 0.25) is 0 Å². The maximum absolute atomic E-state index is 5.23. The molecule has 0 fully saturated rings. The van der Waals surface area contributed by atoms with Crippen molar-refractivity contribution in [2.45, 2.75) is 20.8 Å². The summed E-state index contributed by atoms with van der Waals surface area (Å²) in [5.74, 6) is 0. The third kappa shape index (κ3) is 3.36. The molecule has 80 valence electrons. The molecule has 1 aliphatic carbocycles. The predicted octanol–water partition coefficient (Wildman–Crippen LogP) is 3.33. The Morgan fingerprint density at radius 3 is 2.73 bits per heavy atom. The van der Waals surface area contributed by atoms with Crippen molar-refractivity contribution in [3.8, 4) is 0 Å². The normalized spacial score (nSPS) is 18.6. The number of rotatable bonds is 2. The van der Waals surface area contributed by atoms with E-state index in [0.717, 1.165) is 5.57 Å². The summed E-state index contributed by atoms with van der Waals surface area (Å²) in [7, 11) is 0. The van der Waals surface area contributed by atoms with Crippen molar-refractivity contribution in [1.29, 1.82) is 0 Å². The maximum atomic E-state index is 5.23. The first-order valence-electron chi connectivity index (χ1n) is 4.80. The van der Waals surface area contributed by atoms with E-state index in [9.17, 15) is 0 Å². The van der Waals surface area contributed by atoms with Crippen LogP contribution >= 0.6 is 24.4 Å². The highest BCUT2D eigenvalue weighted by atomic mass is 32.1. The van der Waals surface area contributed by atoms with Crippen molar-refractivity contribution < 1.29 is 0 Å². The highest BCUT2D eigenvalue weighted by Crippen LogP contribution is 2.27. The number of hydrogen-bond acceptors (Lipinski definition) is 2. The molecule has 1 rings (SSSR count). The van der Waals surface area contributed by atoms with Crippen LogP contribution < -0.4 is 5.32 Å². The SMILES string of the molecule is CC1=CC(C)(C)C=CC=C1C(=S)NC=S. The van der Waals surface area contributed by atoms with Gasteiger partial charge in [-0.05, 0) is 12.5 Å². The Morgan fingerprint density at radius 2 is 2.13 bits per heavy atom. The molecule has 0 saturated heterocycles. The molecule has 0 heterocycles. The Balaban J connectivity index is 3.02. The monoisotopic (exact) mass is 237 g/mol. The van der Waals surface area contributed by atoms with E-state index in [-0.39, 0.29) is 5.41 Å². The standard InChI is InChI=1S/C12H15NS2/c1-9-7-12(2,3)6-4-5-10(9)11(15)13-8-14/h4-8H,1-3H3,(H,13,14,15). The predicted molar refractivity (Wildman–Crippen MR) is 74.1 cm³/mol. The molecular weight excluding hydrogens is 222 g/mol. The fraction of sp³-hybridized carbons (Fsp3) is 0.333. The second-order valence-electron chi connectivity index (χ2n) is 4.18. The minimum absolute atomic E-state index is 0.0790. The second-order valence-corrected chi connectivity index (χ2v) is 4.82. The molecular formula is C12H15NS2. The molecule has 0 amide bonds. The highest BCUT2D eigenvalue weighted by molar-refractivity contribution is 7.81. The highest BCUT2D eigenvalue weighted by Gasteiger charge is 2.15. The molecule has 0 spiro atoms. The van der Waals surface area contributed by atoms with Gasteiger partial charge in [0.15, 0.2) is 0 Å². The first-order valence-corrected chi connectivity index (χ1v) is 5.68. The smallest absolute Gasteiger partial charge is 0.111 e. The third-order valence-corrected chi connectivity index (χ3v) is 2.69. The van der Waals surface area contributed by atoms with Gasteiger partial charge in [0.1, 0.15) is 4.99 Å². The molecule has 0 radical (unpaired) electrons. The zero-order chi connectivity index (χ0) is 11.5. The summed E-state index contributed by atoms with van der Waals surface area (Å²) >= 11 is 9.96. The van der Waals surface area contributed by atoms with Crippen LogP contribution in [0.2, 0.25) is 0 Å². The lowest BCUT2D eigenvalue weighted by atomic mass is 9.90. The van der Waals surface area contributed by atoms with E-state index < -0.39 is 0 Å². The largest absolute Gasteiger partial charge is 0.343 e. The summed E-state index contributed by atoms with van der Waals surface area (Å²) in [5.41, 5.74) is 3.73. The van der Waals surface area contributed by atoms with Crippen molar-refractivity contribution in [1.82, 2.24) is 5.32 Å². The van der Waals surface area contributed by atoms with Crippen LogP contribution in [0.4, 0.5) is 0 Å². The molecule has 1 aliphatic rings. The van der Waals surface area contributed by atoms with Gasteiger partial charge in [-0.15, -0.1) is 0 Å². The van der Waals surface area contributed by atoms with Crippen LogP contribution in [0.3, 0.4) is 0 Å². The van der Waals surface area contributed by atoms with E-state index in [1.54, 1.807) is 0 Å². The lowest BCUT2D eigenvalue weighted by molar-refractivity contribution is 0.623. The molecule has 1 N–H and O–H groups in total. The summed E-state index contributed by atoms with van der Waals surface area (Å²) in [6, 6.07) is 0. The quantitative estimate of drug-likeness (QED) is 0.740. The van der Waals surface area contributed by atoms with Gasteiger partial charge in [0.05, 0.1) is 5.49 Å². The lowest BCUT2D eigenvalue weighted by Gasteiger charge is -2.15. The fourth-order valence-corrected chi connectivity index (χ4v) is 2.07. The minimum atomic E-state index is 0.0790. The molecule has 15 heavy (non-hydrogen) atoms. The first-order chi connectivity index (χ1) is 6.96. The molecule has 0 saturated carbocycles. The van der Waals surface area contributed by atoms with Gasteiger partial charge < -0.3 is 5.32 Å². The van der Waals surface area contributed by atoms with Crippen molar-refractivity contribution in [2.75, 3.05) is 0 Å². The summed E-state index contributed by atoms with van der Waals surface area (Å²) in [4.78, 5) is 0.682. The Morgan fingerprint density at radius 1 is 1.47 bits per heavy atom. The molecule has 0 aliphatic heterocycles. The molecule has 3 heteroatoms. The van der Waals surface area contributed by atoms with E-state index in [1.165, 1.54) is 11.1 Å². The van der Waals surface area contributed by atoms with Gasteiger partial charge in [-0.25, -0.2) is 0 Å². The second kappa shape index (κ2) is 4.81. The summed E-state index contributed by atoms with van der Waals surface area (Å²) < 4.78 is 0. The zero-order valence-corrected chi connectivity index (χ0v) is 10.8. The minimum Gasteiger partial charge on any atom is -0.343 e. The van der Waals surface area contributed by atoms with Crippen LogP contribution in [0, 0.1) is 5.41 Å². The van der Waals surface area contributed by atoms with Gasteiger partial charge in [-0.2, -0.15) is 0 Å². The molecule has 0 atom stereocenters. The third-order valence-electron chi connectivity index (χ3n) is 2.24. The molecule has 1 nitrogen and oxygen atoms in total. The van der Waals surface area contributed by atoms with Gasteiger partial charge >= 0.3 is 0 Å². The number of hydrogen-bond donors (Lipinski definition) is 1. The van der Waals surface area contributed by atoms with Gasteiger partial charge in [0, 0.05) is 11.0 Å². The van der Waals surface area contributed by atoms with Crippen LogP contribution in [0.25, 0.3) is 0 Å². The lowest BCUT2D eigenvalue weighted by Crippen LogP contribution is -2.21. The van der Waals surface area contributed by atoms with Gasteiger partial charge in [-0.3, -0.25) is 0 Å². The molecule has 0 unspecified atom stereocenters. The van der Waals surface area contributed by atoms with Crippen LogP contribution in [0.15, 0.2) is 35.5 Å². The van der Waals surface area contributed by atoms with Gasteiger partial charge in [0.25, 0.3) is 0 Å². The van der Waals surface area contributed by atoms with Crippen molar-refractivity contribution in [2.24, 2.45) is 5.41 Å². The Bertz CT molecular complexity index is 373. The van der Waals surface area contributed by atoms with Crippen LogP contribution in [0.1, 0.15) is 20.8 Å². The Kier molecular flexibility index (Phi) is 3.94. The summed E-state index contributed by atoms with van der Waals surface area (Å²) in [5, 5.41) is 2.88. The zero-order valence-electron chi connectivity index (χ0n) is 9.20. The molecule has 0 aromatic carbocycles. The van der Waals surface area contributed by atoms with Crippen molar-refractivity contribution in [3.05, 3.63) is 35.5 Å². The Labute approximate surface area is 102 Å². The fourth-order valence-electron chi connectivity index (χ4n) is 1.59. The van der Waals surface area contributed by atoms with Gasteiger partial charge in [-0.1, -0.05) is 62.6 Å². The molecule has 0 aromatic rings. The average Bonchev–Trinajstić information content (AvgIpc) is 2.23. The Hall–Kier alpha value is -0.800. The van der Waals surface area contributed by atoms with Crippen molar-refractivity contribution >= 4 is 34.9 Å². The molecule has 0 aromatic heterocycles. The van der Waals surface area contributed by atoms with E-state index >= 15 is 0 Å². The van der Waals surface area contributed by atoms with Crippen LogP contribution in [-0.4, -0.2) is 10.5 Å². The van der Waals surface area contributed by atoms with E-state index in [0.29, 0.717) is 4.99 Å². The number of allylic oxidation sites excluding steroid dienone is 4. The number of nitrogens with one attached hydrogen (secondary N) is 1. The summed E-state index contributed by atoms with van der Waals surface area (Å²) in [6.45, 7) is 6.40. The van der Waals surface area contributed by atoms with E-state index in [4.69, 9.17) is 24.4 Å². The van der Waals surface area contributed by atoms with E-state index in [2.05, 4.69) is 38.2 Å². The first kappa shape index (κ1) is 12.3.